The molecule has 0 atom stereocenters. The van der Waals surface area contributed by atoms with Gasteiger partial charge in [0, 0.05) is 0 Å². The van der Waals surface area contributed by atoms with Crippen molar-refractivity contribution in [3.8, 4) is 0 Å². The Labute approximate surface area is 82.0 Å². The quantitative estimate of drug-likeness (QED) is 0.628. The van der Waals surface area contributed by atoms with Crippen molar-refractivity contribution < 1.29 is 0 Å². The number of unbranched alkanes of at least 4 members (excludes halogenated alkanes) is 2. The van der Waals surface area contributed by atoms with Gasteiger partial charge in [0.1, 0.15) is 0 Å². The van der Waals surface area contributed by atoms with Crippen LogP contribution in [0.2, 0.25) is 17.7 Å². The molecule has 0 saturated carbocycles. The molecule has 0 nitrogen and oxygen atoms in total. The Kier molecular flexibility index (Phi) is 5.00. The van der Waals surface area contributed by atoms with Gasteiger partial charge >= 0.3 is 82.1 Å². The molecule has 0 aromatic rings. The van der Waals surface area contributed by atoms with Crippen LogP contribution >= 0.6 is 0 Å². The molecule has 0 unspecified atom stereocenters. The number of hydrogen-bond donors (Lipinski definition) is 0. The van der Waals surface area contributed by atoms with E-state index in [1.54, 1.807) is 37.0 Å². The maximum atomic E-state index is 2.35. The normalized spacial score (nSPS) is 20.5. The van der Waals surface area contributed by atoms with Crippen molar-refractivity contribution in [2.45, 2.75) is 63.7 Å². The molecular formula is C11H24Sn. The molecule has 1 rings (SSSR count). The molecule has 0 aromatic heterocycles. The van der Waals surface area contributed by atoms with Crippen LogP contribution in [0.4, 0.5) is 0 Å². The van der Waals surface area contributed by atoms with Crippen molar-refractivity contribution in [2.24, 2.45) is 0 Å². The molecule has 1 saturated heterocycles. The molecule has 72 valence electrons. The summed E-state index contributed by atoms with van der Waals surface area (Å²) in [5.41, 5.74) is 0. The van der Waals surface area contributed by atoms with E-state index < -0.39 is 18.4 Å². The second kappa shape index (κ2) is 5.51. The first-order valence-corrected chi connectivity index (χ1v) is 13.9. The van der Waals surface area contributed by atoms with Gasteiger partial charge in [0.15, 0.2) is 0 Å². The Morgan fingerprint density at radius 3 is 1.67 bits per heavy atom. The van der Waals surface area contributed by atoms with E-state index in [-0.39, 0.29) is 0 Å². The minimum absolute atomic E-state index is 1.31. The molecule has 0 radical (unpaired) electrons. The number of rotatable bonds is 6. The first kappa shape index (κ1) is 10.9. The summed E-state index contributed by atoms with van der Waals surface area (Å²) in [7, 11) is 0. The van der Waals surface area contributed by atoms with E-state index in [4.69, 9.17) is 0 Å². The van der Waals surface area contributed by atoms with E-state index in [2.05, 4.69) is 13.8 Å². The third kappa shape index (κ3) is 2.93. The fraction of sp³-hybridized carbons (Fsp3) is 1.00. The van der Waals surface area contributed by atoms with E-state index in [1.807, 2.05) is 0 Å². The first-order chi connectivity index (χ1) is 5.83. The van der Waals surface area contributed by atoms with Gasteiger partial charge in [0.25, 0.3) is 0 Å². The Morgan fingerprint density at radius 1 is 0.917 bits per heavy atom. The molecule has 1 fully saturated rings. The second-order valence-corrected chi connectivity index (χ2v) is 18.8. The third-order valence-electron chi connectivity index (χ3n) is 3.54. The zero-order chi connectivity index (χ0) is 8.86. The second-order valence-electron chi connectivity index (χ2n) is 4.56. The van der Waals surface area contributed by atoms with Crippen molar-refractivity contribution in [2.75, 3.05) is 0 Å². The van der Waals surface area contributed by atoms with Gasteiger partial charge in [-0.3, -0.25) is 0 Å². The van der Waals surface area contributed by atoms with Crippen LogP contribution in [0.3, 0.4) is 0 Å². The van der Waals surface area contributed by atoms with Gasteiger partial charge in [-0.05, 0) is 0 Å². The summed E-state index contributed by atoms with van der Waals surface area (Å²) in [5.74, 6) is 0. The van der Waals surface area contributed by atoms with Crippen LogP contribution in [0, 0.1) is 0 Å². The summed E-state index contributed by atoms with van der Waals surface area (Å²) >= 11 is -1.31. The minimum atomic E-state index is -1.31. The molecule has 0 spiro atoms. The zero-order valence-corrected chi connectivity index (χ0v) is 11.7. The molecule has 1 heterocycles. The molecule has 1 heteroatoms. The van der Waals surface area contributed by atoms with Crippen molar-refractivity contribution in [3.05, 3.63) is 0 Å². The molecule has 0 amide bonds. The van der Waals surface area contributed by atoms with Gasteiger partial charge in [0.2, 0.25) is 0 Å². The van der Waals surface area contributed by atoms with E-state index in [1.165, 1.54) is 12.8 Å². The Hall–Kier alpha value is 0.799. The SMILES string of the molecule is CCC[CH2][Sn]1([CH2]CCC)[CH2]C[CH2]1. The Bertz CT molecular complexity index is 106. The van der Waals surface area contributed by atoms with Gasteiger partial charge < -0.3 is 0 Å². The van der Waals surface area contributed by atoms with Gasteiger partial charge in [0.05, 0.1) is 0 Å². The molecule has 12 heavy (non-hydrogen) atoms. The summed E-state index contributed by atoms with van der Waals surface area (Å²) in [6.07, 6.45) is 7.58. The summed E-state index contributed by atoms with van der Waals surface area (Å²) in [6.45, 7) is 4.69. The Morgan fingerprint density at radius 2 is 1.42 bits per heavy atom. The van der Waals surface area contributed by atoms with Gasteiger partial charge in [-0.1, -0.05) is 0 Å². The van der Waals surface area contributed by atoms with Crippen LogP contribution in [-0.2, 0) is 0 Å². The number of hydrogen-bond acceptors (Lipinski definition) is 0. The van der Waals surface area contributed by atoms with Crippen LogP contribution in [-0.4, -0.2) is 18.4 Å². The molecular weight excluding hydrogens is 251 g/mol. The van der Waals surface area contributed by atoms with E-state index in [9.17, 15) is 0 Å². The van der Waals surface area contributed by atoms with E-state index in [0.717, 1.165) is 0 Å². The van der Waals surface area contributed by atoms with Crippen LogP contribution < -0.4 is 0 Å². The van der Waals surface area contributed by atoms with Crippen molar-refractivity contribution in [1.82, 2.24) is 0 Å². The van der Waals surface area contributed by atoms with Gasteiger partial charge in [-0.15, -0.1) is 0 Å². The van der Waals surface area contributed by atoms with Crippen LogP contribution in [0.5, 0.6) is 0 Å². The average molecular weight is 275 g/mol. The average Bonchev–Trinajstić information content (AvgIpc) is 2.02. The van der Waals surface area contributed by atoms with Crippen LogP contribution in [0.1, 0.15) is 46.0 Å². The fourth-order valence-corrected chi connectivity index (χ4v) is 16.1. The van der Waals surface area contributed by atoms with Crippen molar-refractivity contribution >= 4 is 18.4 Å². The first-order valence-electron chi connectivity index (χ1n) is 5.83. The summed E-state index contributed by atoms with van der Waals surface area (Å²) < 4.78 is 6.94. The van der Waals surface area contributed by atoms with Crippen molar-refractivity contribution in [3.63, 3.8) is 0 Å². The molecule has 0 aliphatic carbocycles. The Balaban J connectivity index is 2.19. The monoisotopic (exact) mass is 276 g/mol. The van der Waals surface area contributed by atoms with E-state index in [0.29, 0.717) is 0 Å². The summed E-state index contributed by atoms with van der Waals surface area (Å²) in [5, 5.41) is 0. The molecule has 1 aliphatic rings. The molecule has 0 aromatic carbocycles. The topological polar surface area (TPSA) is 0 Å². The van der Waals surface area contributed by atoms with Crippen LogP contribution in [0.15, 0.2) is 0 Å². The predicted molar refractivity (Wildman–Crippen MR) is 59.4 cm³/mol. The third-order valence-corrected chi connectivity index (χ3v) is 19.7. The summed E-state index contributed by atoms with van der Waals surface area (Å²) in [4.78, 5) is 0. The van der Waals surface area contributed by atoms with E-state index >= 15 is 0 Å². The zero-order valence-electron chi connectivity index (χ0n) is 8.86. The molecule has 1 aliphatic heterocycles. The molecule has 0 N–H and O–H groups in total. The van der Waals surface area contributed by atoms with Gasteiger partial charge in [-0.25, -0.2) is 0 Å². The van der Waals surface area contributed by atoms with Crippen LogP contribution in [0.25, 0.3) is 0 Å². The molecule has 0 bridgehead atoms. The standard InChI is InChI=1S/2C4H9.C3H6.Sn/c2*1-3-4-2;1-3-2;/h2*1,3-4H2,2H3;1-3H2;. The fourth-order valence-electron chi connectivity index (χ4n) is 2.41. The predicted octanol–water partition coefficient (Wildman–Crippen LogP) is 4.44. The van der Waals surface area contributed by atoms with Gasteiger partial charge in [-0.2, -0.15) is 0 Å². The van der Waals surface area contributed by atoms with Crippen molar-refractivity contribution in [1.29, 1.82) is 0 Å². The maximum absolute atomic E-state index is 2.35. The summed E-state index contributed by atoms with van der Waals surface area (Å²) in [6, 6.07) is 0.